The fraction of sp³-hybridized carbons (Fsp3) is 0.333. The molecule has 0 aliphatic carbocycles. The fourth-order valence-corrected chi connectivity index (χ4v) is 1.69. The van der Waals surface area contributed by atoms with Crippen molar-refractivity contribution in [1.29, 1.82) is 0 Å². The summed E-state index contributed by atoms with van der Waals surface area (Å²) in [7, 11) is 0. The van der Waals surface area contributed by atoms with Crippen molar-refractivity contribution < 1.29 is 39.5 Å². The van der Waals surface area contributed by atoms with E-state index in [0.717, 1.165) is 10.6 Å². The molecule has 1 rings (SSSR count). The molecule has 1 aromatic heterocycles. The molecule has 0 bridgehead atoms. The predicted molar refractivity (Wildman–Crippen MR) is 49.3 cm³/mol. The van der Waals surface area contributed by atoms with Crippen molar-refractivity contribution in [3.8, 4) is 0 Å². The van der Waals surface area contributed by atoms with Gasteiger partial charge in [-0.25, -0.2) is 0 Å². The molecule has 0 aromatic carbocycles. The van der Waals surface area contributed by atoms with Crippen LogP contribution < -0.4 is 34.7 Å². The normalized spacial score (nSPS) is 11.6. The number of hydrogen-bond donors (Lipinski definition) is 0. The Balaban J connectivity index is 0.00000169. The van der Waals surface area contributed by atoms with Gasteiger partial charge in [0.05, 0.1) is 11.7 Å². The van der Waals surface area contributed by atoms with Crippen LogP contribution in [0.4, 0.5) is 0 Å². The van der Waals surface area contributed by atoms with Crippen LogP contribution >= 0.6 is 11.8 Å². The zero-order valence-corrected chi connectivity index (χ0v) is 11.3. The number of nitrogens with zero attached hydrogens (tertiary/aromatic N) is 1. The quantitative estimate of drug-likeness (QED) is 0.421. The van der Waals surface area contributed by atoms with Crippen LogP contribution in [0, 0.1) is 6.92 Å². The Morgan fingerprint density at radius 1 is 1.64 bits per heavy atom. The SMILES string of the molecule is Cc1ncccc1SC(C)C(=O)[O-].[Na+]. The molecule has 0 amide bonds. The number of carboxylic acid groups (broad SMARTS) is 1. The van der Waals surface area contributed by atoms with Crippen LogP contribution in [-0.4, -0.2) is 16.2 Å². The molecule has 0 N–H and O–H groups in total. The van der Waals surface area contributed by atoms with Gasteiger partial charge in [-0.2, -0.15) is 0 Å². The van der Waals surface area contributed by atoms with Crippen LogP contribution in [0.1, 0.15) is 12.6 Å². The third kappa shape index (κ3) is 4.00. The van der Waals surface area contributed by atoms with Gasteiger partial charge in [0.2, 0.25) is 0 Å². The van der Waals surface area contributed by atoms with E-state index in [-0.39, 0.29) is 29.6 Å². The zero-order valence-electron chi connectivity index (χ0n) is 8.48. The molecule has 1 aromatic rings. The second-order valence-electron chi connectivity index (χ2n) is 2.67. The number of carboxylic acids is 1. The molecule has 14 heavy (non-hydrogen) atoms. The maximum atomic E-state index is 10.5. The number of aliphatic carboxylic acids is 1. The number of hydrogen-bond acceptors (Lipinski definition) is 4. The first kappa shape index (κ1) is 14.0. The minimum Gasteiger partial charge on any atom is -0.549 e. The smallest absolute Gasteiger partial charge is 0.549 e. The molecular formula is C9H10NNaO2S. The maximum Gasteiger partial charge on any atom is 1.00 e. The number of carbonyl (C=O) groups is 1. The molecule has 0 aliphatic rings. The van der Waals surface area contributed by atoms with E-state index < -0.39 is 11.2 Å². The number of rotatable bonds is 3. The first-order valence-corrected chi connectivity index (χ1v) is 4.78. The summed E-state index contributed by atoms with van der Waals surface area (Å²) in [6, 6.07) is 3.64. The van der Waals surface area contributed by atoms with E-state index in [1.807, 2.05) is 13.0 Å². The summed E-state index contributed by atoms with van der Waals surface area (Å²) in [5.74, 6) is -1.05. The van der Waals surface area contributed by atoms with Gasteiger partial charge in [0, 0.05) is 16.3 Å². The number of pyridine rings is 1. The number of thioether (sulfide) groups is 1. The van der Waals surface area contributed by atoms with Crippen molar-refractivity contribution in [2.24, 2.45) is 0 Å². The van der Waals surface area contributed by atoms with Crippen molar-refractivity contribution >= 4 is 17.7 Å². The average molecular weight is 219 g/mol. The standard InChI is InChI=1S/C9H11NO2S.Na/c1-6-8(4-3-5-10-6)13-7(2)9(11)12;/h3-5,7H,1-2H3,(H,11,12);/q;+1/p-1. The number of carbonyl (C=O) groups excluding carboxylic acids is 1. The van der Waals surface area contributed by atoms with Gasteiger partial charge in [-0.3, -0.25) is 4.98 Å². The van der Waals surface area contributed by atoms with Crippen molar-refractivity contribution in [2.45, 2.75) is 24.0 Å². The average Bonchev–Trinajstić information content (AvgIpc) is 2.08. The summed E-state index contributed by atoms with van der Waals surface area (Å²) < 4.78 is 0. The topological polar surface area (TPSA) is 53.0 Å². The molecule has 1 atom stereocenters. The largest absolute Gasteiger partial charge is 1.00 e. The Morgan fingerprint density at radius 3 is 2.79 bits per heavy atom. The van der Waals surface area contributed by atoms with E-state index in [9.17, 15) is 9.90 Å². The molecule has 5 heteroatoms. The summed E-state index contributed by atoms with van der Waals surface area (Å²) in [5.41, 5.74) is 0.848. The Kier molecular flexibility index (Phi) is 6.44. The molecule has 3 nitrogen and oxygen atoms in total. The second-order valence-corrected chi connectivity index (χ2v) is 4.05. The van der Waals surface area contributed by atoms with Gasteiger partial charge >= 0.3 is 29.6 Å². The summed E-state index contributed by atoms with van der Waals surface area (Å²) in [6.07, 6.45) is 1.68. The van der Waals surface area contributed by atoms with Crippen molar-refractivity contribution in [1.82, 2.24) is 4.98 Å². The van der Waals surface area contributed by atoms with Gasteiger partial charge in [-0.1, -0.05) is 0 Å². The molecular weight excluding hydrogens is 209 g/mol. The molecule has 1 unspecified atom stereocenters. The van der Waals surface area contributed by atoms with Gasteiger partial charge in [0.25, 0.3) is 0 Å². The molecule has 0 fully saturated rings. The third-order valence-electron chi connectivity index (χ3n) is 1.59. The molecule has 1 heterocycles. The van der Waals surface area contributed by atoms with Gasteiger partial charge in [0.1, 0.15) is 0 Å². The molecule has 0 aliphatic heterocycles. The van der Waals surface area contributed by atoms with E-state index in [0.29, 0.717) is 0 Å². The Hall–Kier alpha value is -0.0300. The van der Waals surface area contributed by atoms with Gasteiger partial charge < -0.3 is 9.90 Å². The minimum absolute atomic E-state index is 0. The summed E-state index contributed by atoms with van der Waals surface area (Å²) >= 11 is 1.25. The van der Waals surface area contributed by atoms with Gasteiger partial charge in [-0.05, 0) is 26.0 Å². The minimum atomic E-state index is -1.05. The summed E-state index contributed by atoms with van der Waals surface area (Å²) in [6.45, 7) is 3.46. The Bertz CT molecular complexity index is 319. The first-order valence-electron chi connectivity index (χ1n) is 3.90. The predicted octanol–water partition coefficient (Wildman–Crippen LogP) is -2.38. The van der Waals surface area contributed by atoms with E-state index in [4.69, 9.17) is 0 Å². The van der Waals surface area contributed by atoms with Crippen LogP contribution in [-0.2, 0) is 4.79 Å². The fourth-order valence-electron chi connectivity index (χ4n) is 0.833. The van der Waals surface area contributed by atoms with Crippen molar-refractivity contribution in [2.75, 3.05) is 0 Å². The van der Waals surface area contributed by atoms with Crippen molar-refractivity contribution in [3.05, 3.63) is 24.0 Å². The number of aromatic nitrogens is 1. The molecule has 0 radical (unpaired) electrons. The van der Waals surface area contributed by atoms with Gasteiger partial charge in [-0.15, -0.1) is 11.8 Å². The van der Waals surface area contributed by atoms with Crippen LogP contribution in [0.15, 0.2) is 23.2 Å². The summed E-state index contributed by atoms with van der Waals surface area (Å²) in [5, 5.41) is 9.92. The molecule has 0 saturated carbocycles. The Labute approximate surface area is 110 Å². The zero-order chi connectivity index (χ0) is 9.84. The maximum absolute atomic E-state index is 10.5. The van der Waals surface area contributed by atoms with E-state index >= 15 is 0 Å². The first-order chi connectivity index (χ1) is 6.11. The Morgan fingerprint density at radius 2 is 2.29 bits per heavy atom. The molecule has 70 valence electrons. The van der Waals surface area contributed by atoms with E-state index in [2.05, 4.69) is 4.98 Å². The van der Waals surface area contributed by atoms with Crippen LogP contribution in [0.5, 0.6) is 0 Å². The molecule has 0 saturated heterocycles. The van der Waals surface area contributed by atoms with Gasteiger partial charge in [0.15, 0.2) is 0 Å². The third-order valence-corrected chi connectivity index (χ3v) is 2.83. The summed E-state index contributed by atoms with van der Waals surface area (Å²) in [4.78, 5) is 15.4. The number of aryl methyl sites for hydroxylation is 1. The van der Waals surface area contributed by atoms with E-state index in [1.165, 1.54) is 11.8 Å². The van der Waals surface area contributed by atoms with Crippen LogP contribution in [0.2, 0.25) is 0 Å². The molecule has 0 spiro atoms. The second kappa shape index (κ2) is 6.45. The monoisotopic (exact) mass is 219 g/mol. The van der Waals surface area contributed by atoms with E-state index in [1.54, 1.807) is 19.2 Å². The van der Waals surface area contributed by atoms with Crippen LogP contribution in [0.25, 0.3) is 0 Å². The van der Waals surface area contributed by atoms with Crippen LogP contribution in [0.3, 0.4) is 0 Å². The van der Waals surface area contributed by atoms with Crippen molar-refractivity contribution in [3.63, 3.8) is 0 Å².